The molecule has 1 N–H and O–H groups in total. The Morgan fingerprint density at radius 2 is 1.41 bits per heavy atom. The zero-order chi connectivity index (χ0) is 23.8. The fourth-order valence-corrected chi connectivity index (χ4v) is 4.91. The highest BCUT2D eigenvalue weighted by Gasteiger charge is 2.42. The van der Waals surface area contributed by atoms with Gasteiger partial charge in [-0.25, -0.2) is 5.26 Å². The second kappa shape index (κ2) is 17.6. The predicted octanol–water partition coefficient (Wildman–Crippen LogP) is 6.36. The molecule has 1 aliphatic carbocycles. The van der Waals surface area contributed by atoms with E-state index in [0.29, 0.717) is 44.3 Å². The largest absolute Gasteiger partial charge is 0.465 e. The number of rotatable bonds is 17. The molecule has 32 heavy (non-hydrogen) atoms. The Labute approximate surface area is 198 Å². The summed E-state index contributed by atoms with van der Waals surface area (Å²) in [5.41, 5.74) is 0. The lowest BCUT2D eigenvalue weighted by atomic mass is 9.79. The lowest BCUT2D eigenvalue weighted by Crippen LogP contribution is -2.39. The van der Waals surface area contributed by atoms with Crippen molar-refractivity contribution in [3.63, 3.8) is 0 Å². The molecule has 0 bridgehead atoms. The molecule has 8 heteroatoms. The predicted molar refractivity (Wildman–Crippen MR) is 126 cm³/mol. The molecule has 1 rings (SSSR count). The Kier molecular flexibility index (Phi) is 16.1. The fourth-order valence-electron chi connectivity index (χ4n) is 4.25. The lowest BCUT2D eigenvalue weighted by Gasteiger charge is -2.32. The van der Waals surface area contributed by atoms with Crippen LogP contribution in [0.1, 0.15) is 98.3 Å². The molecule has 0 aliphatic heterocycles. The molecule has 5 atom stereocenters. The Bertz CT molecular complexity index is 517. The van der Waals surface area contributed by atoms with Gasteiger partial charge in [0.2, 0.25) is 0 Å². The maximum atomic E-state index is 13.0. The van der Waals surface area contributed by atoms with Crippen LogP contribution in [0.15, 0.2) is 0 Å². The van der Waals surface area contributed by atoms with Crippen molar-refractivity contribution in [1.82, 2.24) is 0 Å². The molecule has 0 aromatic rings. The SMILES string of the molecule is CCCCC(CC)COC(=O)C1CCC(SOOO)CC1C(=O)OCC(CC)CCCC. The van der Waals surface area contributed by atoms with Crippen molar-refractivity contribution in [1.29, 1.82) is 0 Å². The topological polar surface area (TPSA) is 91.3 Å². The third-order valence-electron chi connectivity index (χ3n) is 6.62. The first kappa shape index (κ1) is 29.2. The van der Waals surface area contributed by atoms with Gasteiger partial charge in [0.1, 0.15) is 0 Å². The van der Waals surface area contributed by atoms with Gasteiger partial charge < -0.3 is 9.47 Å². The minimum atomic E-state index is -0.574. The number of unbranched alkanes of at least 4 members (excludes halogenated alkanes) is 2. The van der Waals surface area contributed by atoms with Crippen LogP contribution in [0.2, 0.25) is 0 Å². The third kappa shape index (κ3) is 10.9. The van der Waals surface area contributed by atoms with Crippen LogP contribution >= 0.6 is 12.0 Å². The molecule has 1 fully saturated rings. The smallest absolute Gasteiger partial charge is 0.309 e. The summed E-state index contributed by atoms with van der Waals surface area (Å²) in [6.07, 6.45) is 10.1. The van der Waals surface area contributed by atoms with Gasteiger partial charge in [-0.1, -0.05) is 71.3 Å². The number of ether oxygens (including phenoxy) is 2. The summed E-state index contributed by atoms with van der Waals surface area (Å²) in [5.74, 6) is -1.02. The molecule has 188 valence electrons. The zero-order valence-corrected chi connectivity index (χ0v) is 21.2. The molecular formula is C24H44O7S. The lowest BCUT2D eigenvalue weighted by molar-refractivity contribution is -0.432. The van der Waals surface area contributed by atoms with Crippen molar-refractivity contribution in [2.75, 3.05) is 13.2 Å². The summed E-state index contributed by atoms with van der Waals surface area (Å²) in [5, 5.41) is 12.1. The van der Waals surface area contributed by atoms with Gasteiger partial charge in [0, 0.05) is 17.3 Å². The van der Waals surface area contributed by atoms with Crippen LogP contribution < -0.4 is 0 Å². The van der Waals surface area contributed by atoms with Crippen molar-refractivity contribution >= 4 is 24.0 Å². The molecular weight excluding hydrogens is 432 g/mol. The van der Waals surface area contributed by atoms with E-state index in [1.165, 1.54) is 0 Å². The number of hydrogen-bond acceptors (Lipinski definition) is 8. The molecule has 5 unspecified atom stereocenters. The zero-order valence-electron chi connectivity index (χ0n) is 20.4. The molecule has 0 radical (unpaired) electrons. The Morgan fingerprint density at radius 3 is 1.88 bits per heavy atom. The summed E-state index contributed by atoms with van der Waals surface area (Å²) < 4.78 is 16.0. The highest BCUT2D eigenvalue weighted by molar-refractivity contribution is 7.95. The van der Waals surface area contributed by atoms with Gasteiger partial charge in [-0.05, 0) is 43.9 Å². The molecule has 1 saturated carbocycles. The van der Waals surface area contributed by atoms with Gasteiger partial charge in [-0.2, -0.15) is 0 Å². The van der Waals surface area contributed by atoms with Crippen LogP contribution in [-0.2, 0) is 28.4 Å². The molecule has 7 nitrogen and oxygen atoms in total. The summed E-state index contributed by atoms with van der Waals surface area (Å²) in [6.45, 7) is 9.32. The molecule has 0 amide bonds. The van der Waals surface area contributed by atoms with Crippen LogP contribution in [-0.4, -0.2) is 35.7 Å². The van der Waals surface area contributed by atoms with Crippen molar-refractivity contribution in [3.05, 3.63) is 0 Å². The molecule has 0 heterocycles. The van der Waals surface area contributed by atoms with E-state index in [0.717, 1.165) is 63.4 Å². The number of esters is 2. The van der Waals surface area contributed by atoms with E-state index < -0.39 is 11.8 Å². The van der Waals surface area contributed by atoms with E-state index in [2.05, 4.69) is 37.1 Å². The third-order valence-corrected chi connectivity index (χ3v) is 7.46. The second-order valence-corrected chi connectivity index (χ2v) is 9.98. The van der Waals surface area contributed by atoms with Crippen LogP contribution in [0.3, 0.4) is 0 Å². The minimum absolute atomic E-state index is 0.0706. The quantitative estimate of drug-likeness (QED) is 0.112. The second-order valence-electron chi connectivity index (χ2n) is 8.98. The minimum Gasteiger partial charge on any atom is -0.465 e. The molecule has 0 spiro atoms. The van der Waals surface area contributed by atoms with Crippen molar-refractivity contribution in [2.24, 2.45) is 23.7 Å². The first-order valence-electron chi connectivity index (χ1n) is 12.5. The van der Waals surface area contributed by atoms with E-state index in [-0.39, 0.29) is 17.2 Å². The van der Waals surface area contributed by atoms with Gasteiger partial charge in [0.05, 0.1) is 25.0 Å². The molecule has 1 aliphatic rings. The molecule has 0 saturated heterocycles. The summed E-state index contributed by atoms with van der Waals surface area (Å²) in [6, 6.07) is 0. The van der Waals surface area contributed by atoms with Crippen LogP contribution in [0, 0.1) is 23.7 Å². The van der Waals surface area contributed by atoms with Crippen LogP contribution in [0.4, 0.5) is 0 Å². The number of carbonyl (C=O) groups excluding carboxylic acids is 2. The first-order chi connectivity index (χ1) is 15.5. The van der Waals surface area contributed by atoms with Crippen molar-refractivity contribution in [3.8, 4) is 0 Å². The average molecular weight is 477 g/mol. The van der Waals surface area contributed by atoms with Gasteiger partial charge >= 0.3 is 11.9 Å². The summed E-state index contributed by atoms with van der Waals surface area (Å²) >= 11 is 0.971. The van der Waals surface area contributed by atoms with E-state index >= 15 is 0 Å². The number of carbonyl (C=O) groups is 2. The van der Waals surface area contributed by atoms with Gasteiger partial charge in [0.25, 0.3) is 0 Å². The van der Waals surface area contributed by atoms with E-state index in [9.17, 15) is 9.59 Å². The Balaban J connectivity index is 2.74. The summed E-state index contributed by atoms with van der Waals surface area (Å²) in [4.78, 5) is 25.9. The Morgan fingerprint density at radius 1 is 0.875 bits per heavy atom. The highest BCUT2D eigenvalue weighted by atomic mass is 32.2. The first-order valence-corrected chi connectivity index (χ1v) is 13.3. The van der Waals surface area contributed by atoms with Gasteiger partial charge in [-0.15, -0.1) is 4.33 Å². The average Bonchev–Trinajstić information content (AvgIpc) is 2.82. The van der Waals surface area contributed by atoms with Gasteiger partial charge in [-0.3, -0.25) is 9.59 Å². The van der Waals surface area contributed by atoms with Crippen molar-refractivity contribution < 1.29 is 33.7 Å². The van der Waals surface area contributed by atoms with E-state index in [4.69, 9.17) is 14.7 Å². The molecule has 0 aromatic heterocycles. The maximum absolute atomic E-state index is 13.0. The van der Waals surface area contributed by atoms with E-state index in [1.54, 1.807) is 0 Å². The fraction of sp³-hybridized carbons (Fsp3) is 0.917. The van der Waals surface area contributed by atoms with Crippen molar-refractivity contribution in [2.45, 2.75) is 104 Å². The van der Waals surface area contributed by atoms with E-state index in [1.807, 2.05) is 0 Å². The standard InChI is InChI=1S/C24H44O7S/c1-5-9-11-18(7-3)16-28-23(25)21-14-13-20(32-31-30-27)15-22(21)24(26)29-17-19(8-4)12-10-6-2/h18-22,27H,5-17H2,1-4H3. The Hall–Kier alpha value is -0.830. The normalized spacial score (nSPS) is 22.8. The monoisotopic (exact) mass is 476 g/mol. The van der Waals surface area contributed by atoms with Gasteiger partial charge in [0.15, 0.2) is 0 Å². The summed E-state index contributed by atoms with van der Waals surface area (Å²) in [7, 11) is 0. The highest BCUT2D eigenvalue weighted by Crippen LogP contribution is 2.38. The number of hydrogen-bond donors (Lipinski definition) is 1. The van der Waals surface area contributed by atoms with Crippen LogP contribution in [0.5, 0.6) is 0 Å². The van der Waals surface area contributed by atoms with Crippen LogP contribution in [0.25, 0.3) is 0 Å². The molecule has 0 aromatic carbocycles. The maximum Gasteiger partial charge on any atom is 0.309 e.